The highest BCUT2D eigenvalue weighted by atomic mass is 35.5. The summed E-state index contributed by atoms with van der Waals surface area (Å²) in [5.41, 5.74) is 1.03. The molecule has 0 fully saturated rings. The quantitative estimate of drug-likeness (QED) is 0.373. The highest BCUT2D eigenvalue weighted by molar-refractivity contribution is 7.92. The van der Waals surface area contributed by atoms with Crippen molar-refractivity contribution in [3.63, 3.8) is 0 Å². The number of anilines is 1. The summed E-state index contributed by atoms with van der Waals surface area (Å²) in [4.78, 5) is 40.1. The molecule has 0 unspecified atom stereocenters. The van der Waals surface area contributed by atoms with Gasteiger partial charge in [-0.2, -0.15) is 0 Å². The van der Waals surface area contributed by atoms with Crippen LogP contribution in [0.2, 0.25) is 10.0 Å². The fourth-order valence-electron chi connectivity index (χ4n) is 3.69. The van der Waals surface area contributed by atoms with Crippen molar-refractivity contribution in [3.8, 4) is 0 Å². The van der Waals surface area contributed by atoms with E-state index in [0.717, 1.165) is 10.6 Å². The molecule has 2 rings (SSSR count). The van der Waals surface area contributed by atoms with Crippen LogP contribution in [0.5, 0.6) is 0 Å². The fraction of sp³-hybridized carbons (Fsp3) is 0.423. The van der Waals surface area contributed by atoms with Crippen LogP contribution in [0, 0.1) is 0 Å². The van der Waals surface area contributed by atoms with E-state index in [9.17, 15) is 22.8 Å². The van der Waals surface area contributed by atoms with Gasteiger partial charge in [-0.3, -0.25) is 18.7 Å². The number of nitrogens with one attached hydrogen (secondary N) is 1. The Morgan fingerprint density at radius 3 is 2.24 bits per heavy atom. The molecule has 1 N–H and O–H groups in total. The summed E-state index contributed by atoms with van der Waals surface area (Å²) in [5, 5.41) is 3.64. The van der Waals surface area contributed by atoms with Crippen LogP contribution >= 0.6 is 23.2 Å². The highest BCUT2D eigenvalue weighted by Crippen LogP contribution is 2.25. The van der Waals surface area contributed by atoms with Gasteiger partial charge in [-0.1, -0.05) is 55.2 Å². The number of carbonyl (C=O) groups is 3. The fourth-order valence-corrected chi connectivity index (χ4v) is 5.00. The number of amides is 2. The Bertz CT molecular complexity index is 1250. The van der Waals surface area contributed by atoms with E-state index >= 15 is 0 Å². The zero-order valence-corrected chi connectivity index (χ0v) is 24.0. The molecule has 2 atom stereocenters. The number of hydrogen-bond acceptors (Lipinski definition) is 5. The number of benzene rings is 2. The minimum absolute atomic E-state index is 0.0354. The van der Waals surface area contributed by atoms with Gasteiger partial charge in [0, 0.05) is 28.2 Å². The maximum Gasteiger partial charge on any atom is 0.244 e. The maximum absolute atomic E-state index is 13.7. The Hall–Kier alpha value is -2.62. The molecule has 11 heteroatoms. The Kier molecular flexibility index (Phi) is 11.0. The van der Waals surface area contributed by atoms with Crippen molar-refractivity contribution in [2.75, 3.05) is 17.1 Å². The summed E-state index contributed by atoms with van der Waals surface area (Å²) in [7, 11) is -3.92. The van der Waals surface area contributed by atoms with Crippen molar-refractivity contribution >= 4 is 56.5 Å². The molecule has 2 aromatic carbocycles. The van der Waals surface area contributed by atoms with Crippen LogP contribution in [0.4, 0.5) is 5.69 Å². The van der Waals surface area contributed by atoms with Crippen molar-refractivity contribution in [1.29, 1.82) is 0 Å². The number of carbonyl (C=O) groups excluding carboxylic acids is 3. The van der Waals surface area contributed by atoms with E-state index in [1.165, 1.54) is 30.0 Å². The molecular weight excluding hydrogens is 537 g/mol. The standard InChI is InChI=1S/C26H33Cl2N3O5S/c1-6-17(3)29-26(34)24(7-2)30(15-20-11-12-21(27)14-23(20)28)25(33)16-31(37(5,35)36)22-10-8-9-19(13-22)18(4)32/h8-14,17,24H,6-7,15-16H2,1-5H3,(H,29,34)/t17-,24-/m1/s1. The van der Waals surface area contributed by atoms with E-state index in [1.54, 1.807) is 31.2 Å². The van der Waals surface area contributed by atoms with Gasteiger partial charge < -0.3 is 10.2 Å². The molecule has 0 aliphatic carbocycles. The first-order valence-electron chi connectivity index (χ1n) is 11.9. The van der Waals surface area contributed by atoms with Crippen LogP contribution in [0.1, 0.15) is 56.5 Å². The number of halogens is 2. The van der Waals surface area contributed by atoms with Gasteiger partial charge >= 0.3 is 0 Å². The minimum Gasteiger partial charge on any atom is -0.352 e. The van der Waals surface area contributed by atoms with E-state index in [4.69, 9.17) is 23.2 Å². The van der Waals surface area contributed by atoms with Crippen molar-refractivity contribution in [1.82, 2.24) is 10.2 Å². The number of Topliss-reactive ketones (excluding diaryl/α,β-unsaturated/α-hetero) is 1. The summed E-state index contributed by atoms with van der Waals surface area (Å²) in [5.74, 6) is -1.19. The molecule has 37 heavy (non-hydrogen) atoms. The molecule has 0 saturated heterocycles. The van der Waals surface area contributed by atoms with E-state index < -0.39 is 28.5 Å². The number of hydrogen-bond donors (Lipinski definition) is 1. The van der Waals surface area contributed by atoms with Crippen LogP contribution in [0.25, 0.3) is 0 Å². The lowest BCUT2D eigenvalue weighted by atomic mass is 10.1. The molecule has 0 bridgehead atoms. The normalized spacial score (nSPS) is 12.9. The predicted molar refractivity (Wildman–Crippen MR) is 148 cm³/mol. The van der Waals surface area contributed by atoms with Gasteiger partial charge in [0.25, 0.3) is 0 Å². The van der Waals surface area contributed by atoms with Gasteiger partial charge in [0.05, 0.1) is 11.9 Å². The lowest BCUT2D eigenvalue weighted by Crippen LogP contribution is -2.53. The average molecular weight is 571 g/mol. The molecule has 0 spiro atoms. The van der Waals surface area contributed by atoms with E-state index in [2.05, 4.69) is 5.32 Å². The highest BCUT2D eigenvalue weighted by Gasteiger charge is 2.32. The van der Waals surface area contributed by atoms with Gasteiger partial charge in [-0.15, -0.1) is 0 Å². The first-order chi connectivity index (χ1) is 17.3. The number of ketones is 1. The zero-order chi connectivity index (χ0) is 27.9. The largest absolute Gasteiger partial charge is 0.352 e. The number of nitrogens with zero attached hydrogens (tertiary/aromatic N) is 2. The van der Waals surface area contributed by atoms with Crippen molar-refractivity contribution < 1.29 is 22.8 Å². The Morgan fingerprint density at radius 1 is 1.03 bits per heavy atom. The first-order valence-corrected chi connectivity index (χ1v) is 14.5. The summed E-state index contributed by atoms with van der Waals surface area (Å²) >= 11 is 12.4. The Balaban J connectivity index is 2.51. The second-order valence-corrected chi connectivity index (χ2v) is 11.6. The SMILES string of the molecule is CC[C@@H](C)NC(=O)[C@@H](CC)N(Cc1ccc(Cl)cc1Cl)C(=O)CN(c1cccc(C(C)=O)c1)S(C)(=O)=O. The van der Waals surface area contributed by atoms with Gasteiger partial charge in [-0.05, 0) is 56.5 Å². The van der Waals surface area contributed by atoms with Crippen molar-refractivity contribution in [3.05, 3.63) is 63.6 Å². The third kappa shape index (κ3) is 8.45. The second-order valence-electron chi connectivity index (χ2n) is 8.88. The summed E-state index contributed by atoms with van der Waals surface area (Å²) < 4.78 is 26.4. The van der Waals surface area contributed by atoms with Gasteiger partial charge in [-0.25, -0.2) is 8.42 Å². The molecule has 0 radical (unpaired) electrons. The van der Waals surface area contributed by atoms with E-state index in [1.807, 2.05) is 13.8 Å². The molecule has 0 aromatic heterocycles. The van der Waals surface area contributed by atoms with Crippen LogP contribution in [0.15, 0.2) is 42.5 Å². The Morgan fingerprint density at radius 2 is 1.70 bits per heavy atom. The summed E-state index contributed by atoms with van der Waals surface area (Å²) in [6.07, 6.45) is 1.97. The minimum atomic E-state index is -3.92. The van der Waals surface area contributed by atoms with E-state index in [-0.39, 0.29) is 36.4 Å². The molecule has 0 aliphatic rings. The second kappa shape index (κ2) is 13.3. The van der Waals surface area contributed by atoms with Crippen LogP contribution < -0.4 is 9.62 Å². The molecule has 0 aliphatic heterocycles. The van der Waals surface area contributed by atoms with Gasteiger partial charge in [0.1, 0.15) is 12.6 Å². The lowest BCUT2D eigenvalue weighted by molar-refractivity contribution is -0.140. The Labute approximate surface area is 229 Å². The molecule has 2 amide bonds. The molecule has 2 aromatic rings. The lowest BCUT2D eigenvalue weighted by Gasteiger charge is -2.33. The molecule has 8 nitrogen and oxygen atoms in total. The van der Waals surface area contributed by atoms with E-state index in [0.29, 0.717) is 27.6 Å². The molecule has 202 valence electrons. The number of rotatable bonds is 12. The smallest absolute Gasteiger partial charge is 0.244 e. The zero-order valence-electron chi connectivity index (χ0n) is 21.6. The average Bonchev–Trinajstić information content (AvgIpc) is 2.82. The third-order valence-corrected chi connectivity index (χ3v) is 7.69. The first kappa shape index (κ1) is 30.6. The van der Waals surface area contributed by atoms with Gasteiger partial charge in [0.2, 0.25) is 21.8 Å². The third-order valence-electron chi connectivity index (χ3n) is 5.96. The number of sulfonamides is 1. The molecule has 0 saturated carbocycles. The monoisotopic (exact) mass is 569 g/mol. The van der Waals surface area contributed by atoms with Crippen LogP contribution in [-0.4, -0.2) is 55.8 Å². The summed E-state index contributed by atoms with van der Waals surface area (Å²) in [6, 6.07) is 9.88. The topological polar surface area (TPSA) is 104 Å². The summed E-state index contributed by atoms with van der Waals surface area (Å²) in [6.45, 7) is 6.33. The predicted octanol–water partition coefficient (Wildman–Crippen LogP) is 4.68. The molecular formula is C26H33Cl2N3O5S. The maximum atomic E-state index is 13.7. The molecule has 0 heterocycles. The van der Waals surface area contributed by atoms with Crippen LogP contribution in [-0.2, 0) is 26.2 Å². The van der Waals surface area contributed by atoms with Crippen molar-refractivity contribution in [2.24, 2.45) is 0 Å². The van der Waals surface area contributed by atoms with Crippen molar-refractivity contribution in [2.45, 2.75) is 59.2 Å². The van der Waals surface area contributed by atoms with Gasteiger partial charge in [0.15, 0.2) is 5.78 Å². The van der Waals surface area contributed by atoms with Crippen LogP contribution in [0.3, 0.4) is 0 Å².